The number of rotatable bonds is 8. The summed E-state index contributed by atoms with van der Waals surface area (Å²) in [6.45, 7) is 6.98. The van der Waals surface area contributed by atoms with E-state index in [4.69, 9.17) is 19.4 Å². The molecule has 16 heteroatoms. The molecule has 3 aromatic heterocycles. The van der Waals surface area contributed by atoms with Crippen molar-refractivity contribution in [2.24, 2.45) is 0 Å². The number of methoxy groups -OCH3 is 1. The van der Waals surface area contributed by atoms with Crippen molar-refractivity contribution in [1.82, 2.24) is 24.8 Å². The number of pyridine rings is 1. The van der Waals surface area contributed by atoms with Crippen LogP contribution in [-0.2, 0) is 21.3 Å². The molecule has 0 bridgehead atoms. The van der Waals surface area contributed by atoms with Crippen molar-refractivity contribution in [3.63, 3.8) is 0 Å². The standard InChI is InChI=1S/C29H38F3N7O4S2/c1-18-21(17-37-9-6-20(7-10-37)39-8-4-5-23(39)29(30,31)32)25-26(44-18)24(34-28(35-25)38-11-13-43-14-12-38)19-15-22(36-45(3,40)41)27(42-2)33-16-19/h15-16,20,23,36H,4-14,17H2,1-3H3/t23-/m0/s1. The number of thiophene rings is 1. The van der Waals surface area contributed by atoms with Crippen molar-refractivity contribution >= 4 is 43.2 Å². The van der Waals surface area contributed by atoms with E-state index in [0.29, 0.717) is 89.0 Å². The Labute approximate surface area is 264 Å². The second-order valence-corrected chi connectivity index (χ2v) is 14.9. The number of alkyl halides is 3. The van der Waals surface area contributed by atoms with E-state index < -0.39 is 22.2 Å². The number of piperidine rings is 1. The maximum absolute atomic E-state index is 13.6. The zero-order chi connectivity index (χ0) is 31.9. The van der Waals surface area contributed by atoms with Crippen LogP contribution in [0.4, 0.5) is 24.8 Å². The van der Waals surface area contributed by atoms with Crippen LogP contribution in [0.1, 0.15) is 36.1 Å². The molecule has 0 aliphatic carbocycles. The molecule has 3 fully saturated rings. The number of anilines is 2. The van der Waals surface area contributed by atoms with Gasteiger partial charge in [0.2, 0.25) is 21.9 Å². The third-order valence-corrected chi connectivity index (χ3v) is 10.5. The Morgan fingerprint density at radius 2 is 1.84 bits per heavy atom. The smallest absolute Gasteiger partial charge is 0.404 e. The third kappa shape index (κ3) is 6.99. The van der Waals surface area contributed by atoms with Crippen molar-refractivity contribution in [2.45, 2.75) is 57.4 Å². The highest BCUT2D eigenvalue weighted by atomic mass is 32.2. The molecule has 0 amide bonds. The lowest BCUT2D eigenvalue weighted by atomic mass is 10.0. The van der Waals surface area contributed by atoms with E-state index in [1.54, 1.807) is 28.5 Å². The summed E-state index contributed by atoms with van der Waals surface area (Å²) in [4.78, 5) is 21.5. The van der Waals surface area contributed by atoms with Gasteiger partial charge in [0.1, 0.15) is 11.7 Å². The van der Waals surface area contributed by atoms with Crippen LogP contribution in [-0.4, -0.2) is 111 Å². The monoisotopic (exact) mass is 669 g/mol. The van der Waals surface area contributed by atoms with E-state index in [2.05, 4.69) is 19.5 Å². The van der Waals surface area contributed by atoms with E-state index in [1.807, 2.05) is 6.92 Å². The van der Waals surface area contributed by atoms with Crippen molar-refractivity contribution in [3.8, 4) is 17.1 Å². The summed E-state index contributed by atoms with van der Waals surface area (Å²) in [5, 5.41) is 0. The lowest BCUT2D eigenvalue weighted by Crippen LogP contribution is -2.50. The van der Waals surface area contributed by atoms with Gasteiger partial charge in [-0.15, -0.1) is 11.3 Å². The summed E-state index contributed by atoms with van der Waals surface area (Å²) in [5.41, 5.74) is 3.34. The van der Waals surface area contributed by atoms with Gasteiger partial charge in [0.05, 0.1) is 42.5 Å². The van der Waals surface area contributed by atoms with Crippen LogP contribution in [0.15, 0.2) is 12.3 Å². The lowest BCUT2D eigenvalue weighted by Gasteiger charge is -2.39. The molecule has 1 atom stereocenters. The van der Waals surface area contributed by atoms with Gasteiger partial charge in [-0.3, -0.25) is 14.5 Å². The summed E-state index contributed by atoms with van der Waals surface area (Å²) in [5.74, 6) is 0.698. The van der Waals surface area contributed by atoms with Crippen LogP contribution in [0.5, 0.6) is 5.88 Å². The van der Waals surface area contributed by atoms with E-state index in [9.17, 15) is 21.6 Å². The minimum absolute atomic E-state index is 0.0603. The molecule has 0 saturated carbocycles. The number of hydrogen-bond acceptors (Lipinski definition) is 11. The molecule has 0 aromatic carbocycles. The molecule has 0 radical (unpaired) electrons. The number of nitrogens with one attached hydrogen (secondary N) is 1. The van der Waals surface area contributed by atoms with Gasteiger partial charge < -0.3 is 14.4 Å². The van der Waals surface area contributed by atoms with Crippen LogP contribution >= 0.6 is 11.3 Å². The number of hydrogen-bond donors (Lipinski definition) is 1. The minimum Gasteiger partial charge on any atom is -0.480 e. The first-order valence-corrected chi connectivity index (χ1v) is 17.8. The fourth-order valence-corrected chi connectivity index (χ4v) is 8.30. The van der Waals surface area contributed by atoms with Gasteiger partial charge in [0, 0.05) is 47.9 Å². The second kappa shape index (κ2) is 12.8. The Morgan fingerprint density at radius 3 is 2.51 bits per heavy atom. The minimum atomic E-state index is -4.18. The molecule has 45 heavy (non-hydrogen) atoms. The molecule has 6 heterocycles. The summed E-state index contributed by atoms with van der Waals surface area (Å²) < 4.78 is 79.3. The molecule has 0 unspecified atom stereocenters. The van der Waals surface area contributed by atoms with Crippen LogP contribution in [0.25, 0.3) is 21.5 Å². The Hall–Kier alpha value is -2.79. The molecule has 3 aliphatic rings. The number of nitrogens with zero attached hydrogens (tertiary/aromatic N) is 6. The third-order valence-electron chi connectivity index (χ3n) is 8.81. The molecule has 11 nitrogen and oxygen atoms in total. The number of sulfonamides is 1. The molecular formula is C29H38F3N7O4S2. The topological polar surface area (TPSA) is 113 Å². The number of fused-ring (bicyclic) bond motifs is 1. The van der Waals surface area contributed by atoms with Gasteiger partial charge in [-0.25, -0.2) is 23.4 Å². The number of aromatic nitrogens is 3. The fraction of sp³-hybridized carbons (Fsp3) is 0.621. The van der Waals surface area contributed by atoms with E-state index in [-0.39, 0.29) is 24.0 Å². The fourth-order valence-electron chi connectivity index (χ4n) is 6.64. The predicted molar refractivity (Wildman–Crippen MR) is 168 cm³/mol. The Balaban J connectivity index is 1.32. The molecule has 6 rings (SSSR count). The normalized spacial score (nSPS) is 21.1. The molecule has 246 valence electrons. The zero-order valence-electron chi connectivity index (χ0n) is 25.6. The second-order valence-electron chi connectivity index (χ2n) is 11.9. The SMILES string of the molecule is COc1ncc(-c2nc(N3CCOCC3)nc3c(CN4CCC(N5CCC[C@H]5C(F)(F)F)CC4)c(C)sc23)cc1NS(C)(=O)=O. The number of aryl methyl sites for hydroxylation is 1. The average Bonchev–Trinajstić information content (AvgIpc) is 3.62. The van der Waals surface area contributed by atoms with Crippen LogP contribution in [0.3, 0.4) is 0 Å². The van der Waals surface area contributed by atoms with Gasteiger partial charge in [-0.2, -0.15) is 13.2 Å². The van der Waals surface area contributed by atoms with Crippen LogP contribution < -0.4 is 14.4 Å². The van der Waals surface area contributed by atoms with E-state index in [0.717, 1.165) is 26.9 Å². The molecule has 3 aromatic rings. The zero-order valence-corrected chi connectivity index (χ0v) is 27.2. The van der Waals surface area contributed by atoms with Gasteiger partial charge in [0.15, 0.2) is 0 Å². The van der Waals surface area contributed by atoms with E-state index in [1.165, 1.54) is 7.11 Å². The van der Waals surface area contributed by atoms with Gasteiger partial charge in [-0.1, -0.05) is 0 Å². The van der Waals surface area contributed by atoms with Gasteiger partial charge in [0.25, 0.3) is 0 Å². The first kappa shape index (κ1) is 32.2. The Morgan fingerprint density at radius 1 is 1.11 bits per heavy atom. The number of likely N-dealkylation sites (tertiary alicyclic amines) is 2. The molecule has 3 aliphatic heterocycles. The molecule has 0 spiro atoms. The van der Waals surface area contributed by atoms with Crippen molar-refractivity contribution in [3.05, 3.63) is 22.7 Å². The summed E-state index contributed by atoms with van der Waals surface area (Å²) >= 11 is 1.57. The maximum atomic E-state index is 13.6. The first-order chi connectivity index (χ1) is 21.4. The molecular weight excluding hydrogens is 631 g/mol. The number of halogens is 3. The highest BCUT2D eigenvalue weighted by Crippen LogP contribution is 2.40. The predicted octanol–water partition coefficient (Wildman–Crippen LogP) is 4.27. The van der Waals surface area contributed by atoms with Gasteiger partial charge in [-0.05, 0) is 58.3 Å². The summed E-state index contributed by atoms with van der Waals surface area (Å²) in [7, 11) is -2.18. The quantitative estimate of drug-likeness (QED) is 0.373. The summed E-state index contributed by atoms with van der Waals surface area (Å²) in [6.07, 6.45) is 0.664. The lowest BCUT2D eigenvalue weighted by molar-refractivity contribution is -0.182. The van der Waals surface area contributed by atoms with Crippen LogP contribution in [0, 0.1) is 6.92 Å². The number of ether oxygens (including phenoxy) is 2. The summed E-state index contributed by atoms with van der Waals surface area (Å²) in [6, 6.07) is 0.283. The molecule has 3 saturated heterocycles. The highest BCUT2D eigenvalue weighted by Gasteiger charge is 2.48. The highest BCUT2D eigenvalue weighted by molar-refractivity contribution is 7.92. The maximum Gasteiger partial charge on any atom is 0.404 e. The van der Waals surface area contributed by atoms with Crippen molar-refractivity contribution in [1.29, 1.82) is 0 Å². The van der Waals surface area contributed by atoms with Gasteiger partial charge >= 0.3 is 6.18 Å². The average molecular weight is 670 g/mol. The van der Waals surface area contributed by atoms with Crippen molar-refractivity contribution < 1.29 is 31.1 Å². The largest absolute Gasteiger partial charge is 0.480 e. The molecule has 1 N–H and O–H groups in total. The number of morpholine rings is 1. The Bertz CT molecular complexity index is 1640. The van der Waals surface area contributed by atoms with Crippen molar-refractivity contribution in [2.75, 3.05) is 68.9 Å². The van der Waals surface area contributed by atoms with Crippen LogP contribution in [0.2, 0.25) is 0 Å². The van der Waals surface area contributed by atoms with E-state index >= 15 is 0 Å². The Kier molecular flexibility index (Phi) is 9.13. The first-order valence-electron chi connectivity index (χ1n) is 15.1.